The van der Waals surface area contributed by atoms with Gasteiger partial charge < -0.3 is 16.4 Å². The Bertz CT molecular complexity index is 560. The smallest absolute Gasteiger partial charge is 0.256 e. The summed E-state index contributed by atoms with van der Waals surface area (Å²) in [4.78, 5) is 25.1. The van der Waals surface area contributed by atoms with Crippen LogP contribution in [0.3, 0.4) is 0 Å². The number of aryl methyl sites for hydroxylation is 1. The normalized spacial score (nSPS) is 18.9. The molecule has 1 aromatic rings. The lowest BCUT2D eigenvalue weighted by Crippen LogP contribution is -2.44. The van der Waals surface area contributed by atoms with E-state index in [4.69, 9.17) is 11.5 Å². The molecule has 4 N–H and O–H groups in total. The Hall–Kier alpha value is -2.11. The van der Waals surface area contributed by atoms with Gasteiger partial charge >= 0.3 is 0 Å². The third-order valence-electron chi connectivity index (χ3n) is 3.62. The first-order valence-corrected chi connectivity index (χ1v) is 6.54. The number of nitrogens with two attached hydrogens (primary N) is 2. The summed E-state index contributed by atoms with van der Waals surface area (Å²) in [7, 11) is 0. The third kappa shape index (κ3) is 2.74. The maximum Gasteiger partial charge on any atom is 0.256 e. The van der Waals surface area contributed by atoms with Crippen LogP contribution in [0, 0.1) is 18.7 Å². The summed E-state index contributed by atoms with van der Waals surface area (Å²) in [5, 5.41) is 0. The van der Waals surface area contributed by atoms with Crippen molar-refractivity contribution in [2.45, 2.75) is 19.8 Å². The standard InChI is InChI=1S/C14H18FN3O2/c1-8-5-10(16)6-11(12(8)15)14(20)18-4-2-3-9(7-18)13(17)19/h5-6,9H,2-4,7,16H2,1H3,(H2,17,19). The van der Waals surface area contributed by atoms with Crippen molar-refractivity contribution < 1.29 is 14.0 Å². The van der Waals surface area contributed by atoms with Crippen molar-refractivity contribution >= 4 is 17.5 Å². The minimum Gasteiger partial charge on any atom is -0.399 e. The molecule has 1 atom stereocenters. The van der Waals surface area contributed by atoms with Crippen molar-refractivity contribution in [3.8, 4) is 0 Å². The van der Waals surface area contributed by atoms with Crippen molar-refractivity contribution in [1.29, 1.82) is 0 Å². The van der Waals surface area contributed by atoms with Crippen LogP contribution in [-0.4, -0.2) is 29.8 Å². The molecule has 1 unspecified atom stereocenters. The van der Waals surface area contributed by atoms with E-state index in [2.05, 4.69) is 0 Å². The van der Waals surface area contributed by atoms with Gasteiger partial charge in [0.2, 0.25) is 5.91 Å². The fourth-order valence-electron chi connectivity index (χ4n) is 2.52. The van der Waals surface area contributed by atoms with E-state index in [0.717, 1.165) is 0 Å². The van der Waals surface area contributed by atoms with E-state index in [0.29, 0.717) is 30.6 Å². The lowest BCUT2D eigenvalue weighted by molar-refractivity contribution is -0.123. The van der Waals surface area contributed by atoms with E-state index in [9.17, 15) is 14.0 Å². The van der Waals surface area contributed by atoms with Gasteiger partial charge in [0, 0.05) is 18.8 Å². The highest BCUT2D eigenvalue weighted by molar-refractivity contribution is 5.96. The molecule has 1 fully saturated rings. The SMILES string of the molecule is Cc1cc(N)cc(C(=O)N2CCCC(C(N)=O)C2)c1F. The summed E-state index contributed by atoms with van der Waals surface area (Å²) in [6.07, 6.45) is 1.35. The van der Waals surface area contributed by atoms with Gasteiger partial charge in [0.05, 0.1) is 11.5 Å². The molecular weight excluding hydrogens is 261 g/mol. The van der Waals surface area contributed by atoms with Gasteiger partial charge in [-0.2, -0.15) is 0 Å². The molecule has 0 aromatic heterocycles. The first-order valence-electron chi connectivity index (χ1n) is 6.54. The number of carbonyl (C=O) groups excluding carboxylic acids is 2. The Balaban J connectivity index is 2.25. The summed E-state index contributed by atoms with van der Waals surface area (Å²) in [6.45, 7) is 2.29. The number of nitrogen functional groups attached to an aromatic ring is 1. The maximum atomic E-state index is 14.0. The molecule has 1 aliphatic heterocycles. The molecule has 1 saturated heterocycles. The van der Waals surface area contributed by atoms with Crippen molar-refractivity contribution in [2.24, 2.45) is 11.7 Å². The lowest BCUT2D eigenvalue weighted by atomic mass is 9.96. The quantitative estimate of drug-likeness (QED) is 0.793. The Morgan fingerprint density at radius 3 is 2.75 bits per heavy atom. The topological polar surface area (TPSA) is 89.4 Å². The molecule has 20 heavy (non-hydrogen) atoms. The van der Waals surface area contributed by atoms with Crippen molar-refractivity contribution in [3.05, 3.63) is 29.1 Å². The Kier molecular flexibility index (Phi) is 3.92. The first-order chi connectivity index (χ1) is 9.40. The Morgan fingerprint density at radius 2 is 2.10 bits per heavy atom. The van der Waals surface area contributed by atoms with E-state index in [-0.39, 0.29) is 18.0 Å². The number of hydrogen-bond acceptors (Lipinski definition) is 3. The number of likely N-dealkylation sites (tertiary alicyclic amines) is 1. The van der Waals surface area contributed by atoms with Crippen LogP contribution < -0.4 is 11.5 Å². The predicted octanol–water partition coefficient (Wildman–Crippen LogP) is 1.05. The number of anilines is 1. The number of piperidine rings is 1. The van der Waals surface area contributed by atoms with Crippen molar-refractivity contribution in [2.75, 3.05) is 18.8 Å². The number of rotatable bonds is 2. The second-order valence-electron chi connectivity index (χ2n) is 5.19. The zero-order chi connectivity index (χ0) is 14.9. The zero-order valence-corrected chi connectivity index (χ0v) is 11.4. The van der Waals surface area contributed by atoms with Gasteiger partial charge in [-0.15, -0.1) is 0 Å². The number of amides is 2. The van der Waals surface area contributed by atoms with E-state index in [1.165, 1.54) is 17.0 Å². The van der Waals surface area contributed by atoms with Crippen molar-refractivity contribution in [3.63, 3.8) is 0 Å². The summed E-state index contributed by atoms with van der Waals surface area (Å²) in [6, 6.07) is 2.81. The molecule has 0 radical (unpaired) electrons. The van der Waals surface area contributed by atoms with Crippen LogP contribution in [0.4, 0.5) is 10.1 Å². The molecular formula is C14H18FN3O2. The first kappa shape index (κ1) is 14.3. The molecule has 0 aliphatic carbocycles. The number of halogens is 1. The molecule has 0 saturated carbocycles. The van der Waals surface area contributed by atoms with E-state index in [1.807, 2.05) is 0 Å². The molecule has 108 valence electrons. The average Bonchev–Trinajstić information content (AvgIpc) is 2.42. The molecule has 1 aliphatic rings. The van der Waals surface area contributed by atoms with Crippen LogP contribution in [0.25, 0.3) is 0 Å². The third-order valence-corrected chi connectivity index (χ3v) is 3.62. The highest BCUT2D eigenvalue weighted by atomic mass is 19.1. The van der Waals surface area contributed by atoms with Crippen LogP contribution in [-0.2, 0) is 4.79 Å². The highest BCUT2D eigenvalue weighted by Gasteiger charge is 2.29. The molecule has 2 amide bonds. The maximum absolute atomic E-state index is 14.0. The van der Waals surface area contributed by atoms with E-state index < -0.39 is 17.6 Å². The largest absolute Gasteiger partial charge is 0.399 e. The highest BCUT2D eigenvalue weighted by Crippen LogP contribution is 2.22. The van der Waals surface area contributed by atoms with Crippen LogP contribution in [0.15, 0.2) is 12.1 Å². The number of hydrogen-bond donors (Lipinski definition) is 2. The van der Waals surface area contributed by atoms with Crippen molar-refractivity contribution in [1.82, 2.24) is 4.90 Å². The summed E-state index contributed by atoms with van der Waals surface area (Å²) in [5.74, 6) is -1.79. The van der Waals surface area contributed by atoms with Crippen LogP contribution in [0.1, 0.15) is 28.8 Å². The number of primary amides is 1. The molecule has 6 heteroatoms. The molecule has 1 aromatic carbocycles. The van der Waals surface area contributed by atoms with Gasteiger partial charge in [-0.25, -0.2) is 4.39 Å². The van der Waals surface area contributed by atoms with E-state index >= 15 is 0 Å². The minimum absolute atomic E-state index is 0.0485. The minimum atomic E-state index is -0.564. The second-order valence-corrected chi connectivity index (χ2v) is 5.19. The Morgan fingerprint density at radius 1 is 1.40 bits per heavy atom. The van der Waals surface area contributed by atoms with Crippen LogP contribution in [0.5, 0.6) is 0 Å². The molecule has 0 bridgehead atoms. The number of nitrogens with zero attached hydrogens (tertiary/aromatic N) is 1. The van der Waals surface area contributed by atoms with Gasteiger partial charge in [0.15, 0.2) is 0 Å². The van der Waals surface area contributed by atoms with Gasteiger partial charge in [-0.3, -0.25) is 9.59 Å². The van der Waals surface area contributed by atoms with Gasteiger partial charge in [-0.05, 0) is 37.5 Å². The summed E-state index contributed by atoms with van der Waals surface area (Å²) in [5.41, 5.74) is 11.6. The van der Waals surface area contributed by atoms with Crippen LogP contribution >= 0.6 is 0 Å². The zero-order valence-electron chi connectivity index (χ0n) is 11.4. The number of carbonyl (C=O) groups is 2. The molecule has 5 nitrogen and oxygen atoms in total. The second kappa shape index (κ2) is 5.48. The van der Waals surface area contributed by atoms with Crippen LogP contribution in [0.2, 0.25) is 0 Å². The summed E-state index contributed by atoms with van der Waals surface area (Å²) < 4.78 is 14.0. The van der Waals surface area contributed by atoms with E-state index in [1.54, 1.807) is 6.92 Å². The molecule has 0 spiro atoms. The fraction of sp³-hybridized carbons (Fsp3) is 0.429. The van der Waals surface area contributed by atoms with Gasteiger partial charge in [0.25, 0.3) is 5.91 Å². The molecule has 2 rings (SSSR count). The predicted molar refractivity (Wildman–Crippen MR) is 73.4 cm³/mol. The average molecular weight is 279 g/mol. The molecule has 1 heterocycles. The fourth-order valence-corrected chi connectivity index (χ4v) is 2.52. The lowest BCUT2D eigenvalue weighted by Gasteiger charge is -2.31. The van der Waals surface area contributed by atoms with Gasteiger partial charge in [-0.1, -0.05) is 0 Å². The Labute approximate surface area is 116 Å². The monoisotopic (exact) mass is 279 g/mol. The number of benzene rings is 1. The summed E-state index contributed by atoms with van der Waals surface area (Å²) >= 11 is 0. The van der Waals surface area contributed by atoms with Gasteiger partial charge in [0.1, 0.15) is 5.82 Å².